The summed E-state index contributed by atoms with van der Waals surface area (Å²) in [7, 11) is 0. The molecule has 2 aromatic carbocycles. The lowest BCUT2D eigenvalue weighted by atomic mass is 10.3. The summed E-state index contributed by atoms with van der Waals surface area (Å²) in [6.45, 7) is 1.38. The van der Waals surface area contributed by atoms with Crippen LogP contribution in [0.4, 0.5) is 16.2 Å². The first-order chi connectivity index (χ1) is 9.66. The van der Waals surface area contributed by atoms with Crippen molar-refractivity contribution in [1.82, 2.24) is 5.43 Å². The molecule has 20 heavy (non-hydrogen) atoms. The molecule has 0 saturated carbocycles. The zero-order valence-electron chi connectivity index (χ0n) is 11.0. The van der Waals surface area contributed by atoms with Crippen LogP contribution < -0.4 is 15.8 Å². The molecule has 5 heteroatoms. The van der Waals surface area contributed by atoms with E-state index < -0.39 is 6.03 Å². The highest BCUT2D eigenvalue weighted by Crippen LogP contribution is 2.11. The summed E-state index contributed by atoms with van der Waals surface area (Å²) in [6, 6.07) is 17.4. The SMILES string of the molecule is CC(=O)N(NC(=O)Nc1ccccc1)c1ccccc1. The number of amides is 3. The largest absolute Gasteiger partial charge is 0.338 e. The standard InChI is InChI=1S/C15H15N3O2/c1-12(19)18(14-10-6-3-7-11-14)17-15(20)16-13-8-4-2-5-9-13/h2-11H,1H3,(H2,16,17,20). The highest BCUT2D eigenvalue weighted by molar-refractivity contribution is 5.98. The Morgan fingerprint density at radius 3 is 2.00 bits per heavy atom. The minimum atomic E-state index is -0.477. The Hall–Kier alpha value is -2.82. The molecule has 2 aromatic rings. The van der Waals surface area contributed by atoms with Crippen molar-refractivity contribution < 1.29 is 9.59 Å². The fourth-order valence-corrected chi connectivity index (χ4v) is 1.68. The van der Waals surface area contributed by atoms with E-state index in [1.807, 2.05) is 24.3 Å². The van der Waals surface area contributed by atoms with Crippen molar-refractivity contribution in [2.24, 2.45) is 0 Å². The fourth-order valence-electron chi connectivity index (χ4n) is 1.68. The van der Waals surface area contributed by atoms with E-state index >= 15 is 0 Å². The van der Waals surface area contributed by atoms with Gasteiger partial charge in [-0.05, 0) is 24.3 Å². The highest BCUT2D eigenvalue weighted by atomic mass is 16.2. The van der Waals surface area contributed by atoms with Crippen LogP contribution in [0.5, 0.6) is 0 Å². The van der Waals surface area contributed by atoms with Gasteiger partial charge in [0.2, 0.25) is 5.91 Å². The van der Waals surface area contributed by atoms with Gasteiger partial charge in [0.1, 0.15) is 0 Å². The number of hydrazine groups is 1. The van der Waals surface area contributed by atoms with Crippen LogP contribution in [0.15, 0.2) is 60.7 Å². The third-order valence-electron chi connectivity index (χ3n) is 2.57. The predicted molar refractivity (Wildman–Crippen MR) is 78.2 cm³/mol. The highest BCUT2D eigenvalue weighted by Gasteiger charge is 2.14. The molecule has 2 rings (SSSR count). The third kappa shape index (κ3) is 3.58. The van der Waals surface area contributed by atoms with Crippen molar-refractivity contribution in [3.8, 4) is 0 Å². The van der Waals surface area contributed by atoms with E-state index in [0.717, 1.165) is 0 Å². The van der Waals surface area contributed by atoms with Crippen LogP contribution in [0, 0.1) is 0 Å². The minimum absolute atomic E-state index is 0.278. The Balaban J connectivity index is 2.06. The van der Waals surface area contributed by atoms with Gasteiger partial charge in [-0.25, -0.2) is 15.2 Å². The molecule has 0 fully saturated rings. The molecule has 0 saturated heterocycles. The molecule has 0 aliphatic carbocycles. The van der Waals surface area contributed by atoms with Gasteiger partial charge in [-0.3, -0.25) is 4.79 Å². The van der Waals surface area contributed by atoms with Crippen LogP contribution >= 0.6 is 0 Å². The molecule has 0 unspecified atom stereocenters. The van der Waals surface area contributed by atoms with Crippen LogP contribution in [0.3, 0.4) is 0 Å². The summed E-state index contributed by atoms with van der Waals surface area (Å²) in [5, 5.41) is 3.85. The fraction of sp³-hybridized carbons (Fsp3) is 0.0667. The van der Waals surface area contributed by atoms with Crippen LogP contribution in [-0.4, -0.2) is 11.9 Å². The number of benzene rings is 2. The predicted octanol–water partition coefficient (Wildman–Crippen LogP) is 2.78. The molecular weight excluding hydrogens is 254 g/mol. The van der Waals surface area contributed by atoms with Gasteiger partial charge in [-0.1, -0.05) is 36.4 Å². The number of para-hydroxylation sites is 2. The van der Waals surface area contributed by atoms with Crippen molar-refractivity contribution in [2.75, 3.05) is 10.3 Å². The second-order valence-electron chi connectivity index (χ2n) is 4.12. The first-order valence-corrected chi connectivity index (χ1v) is 6.15. The molecule has 0 aliphatic heterocycles. The van der Waals surface area contributed by atoms with Crippen molar-refractivity contribution in [2.45, 2.75) is 6.92 Å². The summed E-state index contributed by atoms with van der Waals surface area (Å²) in [5.74, 6) is -0.278. The number of rotatable bonds is 2. The number of carbonyl (C=O) groups is 2. The van der Waals surface area contributed by atoms with Crippen molar-refractivity contribution in [3.05, 3.63) is 60.7 Å². The number of hydrogen-bond donors (Lipinski definition) is 2. The Labute approximate surface area is 117 Å². The van der Waals surface area contributed by atoms with Gasteiger partial charge in [0.25, 0.3) is 0 Å². The number of anilines is 2. The molecule has 3 amide bonds. The van der Waals surface area contributed by atoms with Gasteiger partial charge in [0.05, 0.1) is 5.69 Å². The minimum Gasteiger partial charge on any atom is -0.307 e. The normalized spacial score (nSPS) is 9.65. The number of urea groups is 1. The van der Waals surface area contributed by atoms with Crippen LogP contribution in [-0.2, 0) is 4.79 Å². The van der Waals surface area contributed by atoms with Crippen molar-refractivity contribution in [1.29, 1.82) is 0 Å². The average Bonchev–Trinajstić information content (AvgIpc) is 2.46. The van der Waals surface area contributed by atoms with Gasteiger partial charge in [0, 0.05) is 12.6 Å². The maximum atomic E-state index is 11.9. The average molecular weight is 269 g/mol. The first-order valence-electron chi connectivity index (χ1n) is 6.15. The molecule has 2 N–H and O–H groups in total. The van der Waals surface area contributed by atoms with Crippen LogP contribution in [0.2, 0.25) is 0 Å². The van der Waals surface area contributed by atoms with E-state index in [1.165, 1.54) is 11.9 Å². The Kier molecular flexibility index (Phi) is 4.34. The molecule has 0 aromatic heterocycles. The van der Waals surface area contributed by atoms with E-state index in [4.69, 9.17) is 0 Å². The monoisotopic (exact) mass is 269 g/mol. The molecule has 102 valence electrons. The number of nitrogens with one attached hydrogen (secondary N) is 2. The molecule has 0 heterocycles. The first kappa shape index (κ1) is 13.6. The van der Waals surface area contributed by atoms with Crippen LogP contribution in [0.1, 0.15) is 6.92 Å². The van der Waals surface area contributed by atoms with Gasteiger partial charge < -0.3 is 5.32 Å². The molecule has 0 atom stereocenters. The van der Waals surface area contributed by atoms with Crippen molar-refractivity contribution >= 4 is 23.3 Å². The topological polar surface area (TPSA) is 61.4 Å². The van der Waals surface area contributed by atoms with E-state index in [9.17, 15) is 9.59 Å². The van der Waals surface area contributed by atoms with Gasteiger partial charge in [-0.2, -0.15) is 0 Å². The van der Waals surface area contributed by atoms with E-state index in [0.29, 0.717) is 11.4 Å². The quantitative estimate of drug-likeness (QED) is 0.823. The summed E-state index contributed by atoms with van der Waals surface area (Å²) in [6.07, 6.45) is 0. The summed E-state index contributed by atoms with van der Waals surface area (Å²) in [4.78, 5) is 23.5. The maximum Gasteiger partial charge on any atom is 0.338 e. The number of hydrogen-bond acceptors (Lipinski definition) is 2. The summed E-state index contributed by atoms with van der Waals surface area (Å²) in [5.41, 5.74) is 3.77. The van der Waals surface area contributed by atoms with E-state index in [-0.39, 0.29) is 5.91 Å². The summed E-state index contributed by atoms with van der Waals surface area (Å²) < 4.78 is 0. The van der Waals surface area contributed by atoms with Gasteiger partial charge >= 0.3 is 6.03 Å². The smallest absolute Gasteiger partial charge is 0.307 e. The molecule has 5 nitrogen and oxygen atoms in total. The second kappa shape index (κ2) is 6.38. The number of nitrogens with zero attached hydrogens (tertiary/aromatic N) is 1. The molecule has 0 bridgehead atoms. The van der Waals surface area contributed by atoms with Gasteiger partial charge in [0.15, 0.2) is 0 Å². The molecular formula is C15H15N3O2. The van der Waals surface area contributed by atoms with E-state index in [2.05, 4.69) is 10.7 Å². The Morgan fingerprint density at radius 2 is 1.45 bits per heavy atom. The lowest BCUT2D eigenvalue weighted by molar-refractivity contribution is -0.117. The zero-order chi connectivity index (χ0) is 14.4. The van der Waals surface area contributed by atoms with Gasteiger partial charge in [-0.15, -0.1) is 0 Å². The van der Waals surface area contributed by atoms with Crippen LogP contribution in [0.25, 0.3) is 0 Å². The molecule has 0 aliphatic rings. The lowest BCUT2D eigenvalue weighted by Gasteiger charge is -2.21. The molecule has 0 spiro atoms. The number of carbonyl (C=O) groups excluding carboxylic acids is 2. The Bertz CT molecular complexity index is 585. The zero-order valence-corrected chi connectivity index (χ0v) is 11.0. The summed E-state index contributed by atoms with van der Waals surface area (Å²) >= 11 is 0. The molecule has 0 radical (unpaired) electrons. The lowest BCUT2D eigenvalue weighted by Crippen LogP contribution is -2.47. The Morgan fingerprint density at radius 1 is 0.900 bits per heavy atom. The van der Waals surface area contributed by atoms with E-state index in [1.54, 1.807) is 36.4 Å². The third-order valence-corrected chi connectivity index (χ3v) is 2.57. The second-order valence-corrected chi connectivity index (χ2v) is 4.12. The van der Waals surface area contributed by atoms with Crippen molar-refractivity contribution in [3.63, 3.8) is 0 Å². The maximum absolute atomic E-state index is 11.9.